The normalized spacial score (nSPS) is 24.2. The maximum Gasteiger partial charge on any atom is 0.418 e. The Bertz CT molecular complexity index is 1570. The first-order valence-electron chi connectivity index (χ1n) is 20.0. The number of nitrogens with zero attached hydrogens (tertiary/aromatic N) is 1. The summed E-state index contributed by atoms with van der Waals surface area (Å²) in [4.78, 5) is 42.4. The van der Waals surface area contributed by atoms with E-state index in [1.807, 2.05) is 10.3 Å². The van der Waals surface area contributed by atoms with Crippen LogP contribution in [0.2, 0.25) is 5.02 Å². The molecule has 1 saturated carbocycles. The summed E-state index contributed by atoms with van der Waals surface area (Å²) in [5.41, 5.74) is 6.57. The largest absolute Gasteiger partial charge is 0.418 e. The van der Waals surface area contributed by atoms with Crippen LogP contribution in [-0.4, -0.2) is 48.7 Å². The Kier molecular flexibility index (Phi) is 13.9. The van der Waals surface area contributed by atoms with Gasteiger partial charge in [-0.25, -0.2) is 0 Å². The molecule has 4 N–H and O–H groups in total. The Morgan fingerprint density at radius 3 is 2.42 bits per heavy atom. The van der Waals surface area contributed by atoms with Crippen LogP contribution in [0.3, 0.4) is 0 Å². The summed E-state index contributed by atoms with van der Waals surface area (Å²) in [5.74, 6) is 1.51. The lowest BCUT2D eigenvalue weighted by atomic mass is 9.80. The fourth-order valence-corrected chi connectivity index (χ4v) is 10.6. The number of hydrogen-bond donors (Lipinski definition) is 3. The summed E-state index contributed by atoms with van der Waals surface area (Å²) < 4.78 is 41.5. The van der Waals surface area contributed by atoms with Gasteiger partial charge < -0.3 is 21.3 Å². The summed E-state index contributed by atoms with van der Waals surface area (Å²) in [5, 5.41) is 10.5. The minimum atomic E-state index is -4.69. The van der Waals surface area contributed by atoms with Crippen molar-refractivity contribution in [3.8, 4) is 0 Å². The van der Waals surface area contributed by atoms with Crippen molar-refractivity contribution in [2.75, 3.05) is 37.2 Å². The predicted octanol–water partition coefficient (Wildman–Crippen LogP) is 9.32. The number of carbonyl (C=O) groups excluding carboxylic acids is 3. The van der Waals surface area contributed by atoms with E-state index < -0.39 is 23.3 Å². The Morgan fingerprint density at radius 2 is 1.66 bits per heavy atom. The molecule has 4 aliphatic rings. The van der Waals surface area contributed by atoms with Gasteiger partial charge in [0.25, 0.3) is 0 Å². The van der Waals surface area contributed by atoms with Gasteiger partial charge >= 0.3 is 6.18 Å². The number of nitrogens with two attached hydrogens (primary N) is 1. The molecule has 4 heterocycles. The number of Topliss-reactive ketones (excluding diaryl/α,β-unsaturated/α-hetero) is 1. The predicted molar refractivity (Wildman–Crippen MR) is 206 cm³/mol. The van der Waals surface area contributed by atoms with Gasteiger partial charge in [-0.2, -0.15) is 13.2 Å². The number of fused-ring (bicyclic) bond motifs is 1. The second-order valence-corrected chi connectivity index (χ2v) is 17.5. The Morgan fingerprint density at radius 1 is 0.925 bits per heavy atom. The molecular weight excluding hydrogens is 721 g/mol. The van der Waals surface area contributed by atoms with Crippen LogP contribution in [0.25, 0.3) is 0 Å². The Balaban J connectivity index is 1.04. The number of halogens is 4. The average Bonchev–Trinajstić information content (AvgIpc) is 3.35. The molecule has 1 aromatic heterocycles. The van der Waals surface area contributed by atoms with Crippen molar-refractivity contribution in [2.45, 2.75) is 115 Å². The molecule has 0 spiro atoms. The van der Waals surface area contributed by atoms with Gasteiger partial charge in [-0.05, 0) is 136 Å². The van der Waals surface area contributed by atoms with Crippen LogP contribution in [0, 0.1) is 35.5 Å². The van der Waals surface area contributed by atoms with E-state index >= 15 is 0 Å². The molecule has 53 heavy (non-hydrogen) atoms. The first-order chi connectivity index (χ1) is 25.4. The number of nitrogen functional groups attached to an aromatic ring is 1. The molecule has 0 radical (unpaired) electrons. The molecule has 3 fully saturated rings. The van der Waals surface area contributed by atoms with Gasteiger partial charge in [-0.15, -0.1) is 11.3 Å². The minimum absolute atomic E-state index is 0.00250. The maximum absolute atomic E-state index is 13.9. The summed E-state index contributed by atoms with van der Waals surface area (Å²) in [6, 6.07) is 2.39. The number of benzene rings is 1. The fraction of sp³-hybridized carbons (Fsp3) is 0.683. The molecule has 6 rings (SSSR count). The van der Waals surface area contributed by atoms with E-state index in [2.05, 4.69) is 16.0 Å². The fourth-order valence-electron chi connectivity index (χ4n) is 9.49. The number of likely N-dealkylation sites (tertiary alicyclic amines) is 1. The number of carbonyl (C=O) groups is 3. The second kappa shape index (κ2) is 18.3. The van der Waals surface area contributed by atoms with Crippen molar-refractivity contribution in [3.05, 3.63) is 44.6 Å². The summed E-state index contributed by atoms with van der Waals surface area (Å²) in [6.07, 6.45) is 9.74. The highest BCUT2D eigenvalue weighted by atomic mass is 35.5. The maximum atomic E-state index is 13.9. The van der Waals surface area contributed by atoms with Crippen LogP contribution in [0.15, 0.2) is 22.9 Å². The van der Waals surface area contributed by atoms with E-state index in [4.69, 9.17) is 17.3 Å². The van der Waals surface area contributed by atoms with Crippen molar-refractivity contribution in [1.82, 2.24) is 10.2 Å². The zero-order chi connectivity index (χ0) is 37.5. The summed E-state index contributed by atoms with van der Waals surface area (Å²) >= 11 is 7.78. The molecule has 3 unspecified atom stereocenters. The number of rotatable bonds is 12. The van der Waals surface area contributed by atoms with E-state index in [1.54, 1.807) is 11.3 Å². The molecule has 1 aromatic carbocycles. The molecule has 1 aliphatic carbocycles. The highest BCUT2D eigenvalue weighted by Crippen LogP contribution is 2.40. The molecule has 2 aromatic rings. The van der Waals surface area contributed by atoms with Crippen LogP contribution < -0.4 is 16.4 Å². The van der Waals surface area contributed by atoms with Crippen LogP contribution in [0.4, 0.5) is 24.5 Å². The molecule has 292 valence electrons. The van der Waals surface area contributed by atoms with Crippen LogP contribution in [0.1, 0.15) is 113 Å². The van der Waals surface area contributed by atoms with Crippen molar-refractivity contribution in [1.29, 1.82) is 0 Å². The van der Waals surface area contributed by atoms with Crippen LogP contribution >= 0.6 is 22.9 Å². The number of hydrogen-bond acceptors (Lipinski definition) is 6. The number of piperidine rings is 2. The number of alkyl halides is 3. The second-order valence-electron chi connectivity index (χ2n) is 16.3. The lowest BCUT2D eigenvalue weighted by Crippen LogP contribution is -2.40. The third-order valence-corrected chi connectivity index (χ3v) is 14.0. The van der Waals surface area contributed by atoms with E-state index in [0.717, 1.165) is 94.5 Å². The average molecular weight is 777 g/mol. The standard InChI is InChI=1S/C41H56ClF3N4O3S/c42-35-22-28(21-34(39(35)46)41(43,44)45)20-33(37(50)11-6-26-2-1-3-29(7-4-26)30-12-16-47-17-13-30)23-38(51)49-18-14-27(15-19-49)5-8-31-9-10-32-24-53-25-36(32)48-40(31)52/h21-22,24-27,29-31,33,47H,1-20,23,46H2,(H,48,52)/t26?,29?,31?,33-/m0/s1. The molecule has 3 aliphatic heterocycles. The SMILES string of the molecule is Nc1c(Cl)cc(C[C@@H](CC(=O)N2CCC(CCC3CCc4cscc4NC3=O)CC2)C(=O)CCC2CCCC(C3CCNCC3)CC2)cc1C(F)(F)F. The van der Waals surface area contributed by atoms with Gasteiger partial charge in [-0.3, -0.25) is 14.4 Å². The number of aryl methyl sites for hydroxylation is 1. The first kappa shape index (κ1) is 40.0. The van der Waals surface area contributed by atoms with E-state index in [0.29, 0.717) is 31.3 Å². The first-order valence-corrected chi connectivity index (χ1v) is 21.3. The lowest BCUT2D eigenvalue weighted by Gasteiger charge is -2.33. The van der Waals surface area contributed by atoms with Crippen molar-refractivity contribution >= 4 is 51.9 Å². The van der Waals surface area contributed by atoms with Gasteiger partial charge in [0, 0.05) is 43.1 Å². The topological polar surface area (TPSA) is 105 Å². The number of nitrogens with one attached hydrogen (secondary N) is 2. The lowest BCUT2D eigenvalue weighted by molar-refractivity contribution is -0.137. The zero-order valence-corrected chi connectivity index (χ0v) is 32.4. The van der Waals surface area contributed by atoms with E-state index in [1.165, 1.54) is 43.7 Å². The third-order valence-electron chi connectivity index (χ3n) is 12.9. The van der Waals surface area contributed by atoms with Crippen LogP contribution in [0.5, 0.6) is 0 Å². The van der Waals surface area contributed by atoms with Gasteiger partial charge in [0.05, 0.1) is 22.0 Å². The highest BCUT2D eigenvalue weighted by Gasteiger charge is 2.36. The van der Waals surface area contributed by atoms with Gasteiger partial charge in [0.2, 0.25) is 11.8 Å². The summed E-state index contributed by atoms with van der Waals surface area (Å²) in [7, 11) is 0. The van der Waals surface area contributed by atoms with Crippen LogP contribution in [-0.2, 0) is 33.4 Å². The van der Waals surface area contributed by atoms with Gasteiger partial charge in [-0.1, -0.05) is 37.3 Å². The van der Waals surface area contributed by atoms with Gasteiger partial charge in [0.15, 0.2) is 0 Å². The quantitative estimate of drug-likeness (QED) is 0.147. The molecule has 2 amide bonds. The van der Waals surface area contributed by atoms with Crippen molar-refractivity contribution in [3.63, 3.8) is 0 Å². The molecule has 2 saturated heterocycles. The number of thiophene rings is 1. The zero-order valence-electron chi connectivity index (χ0n) is 30.8. The highest BCUT2D eigenvalue weighted by molar-refractivity contribution is 7.08. The minimum Gasteiger partial charge on any atom is -0.397 e. The van der Waals surface area contributed by atoms with E-state index in [-0.39, 0.29) is 46.9 Å². The van der Waals surface area contributed by atoms with Crippen molar-refractivity contribution in [2.24, 2.45) is 35.5 Å². The monoisotopic (exact) mass is 776 g/mol. The number of ketones is 1. The molecule has 0 bridgehead atoms. The summed E-state index contributed by atoms with van der Waals surface area (Å²) in [6.45, 7) is 3.34. The molecule has 12 heteroatoms. The Labute approximate surface area is 321 Å². The molecule has 7 nitrogen and oxygen atoms in total. The van der Waals surface area contributed by atoms with E-state index in [9.17, 15) is 27.6 Å². The molecule has 4 atom stereocenters. The smallest absolute Gasteiger partial charge is 0.397 e. The third kappa shape index (κ3) is 10.8. The van der Waals surface area contributed by atoms with Crippen molar-refractivity contribution < 1.29 is 27.6 Å². The molecular formula is C41H56ClF3N4O3S. The number of anilines is 2. The number of amides is 2. The Hall–Kier alpha value is -2.63. The van der Waals surface area contributed by atoms with Gasteiger partial charge in [0.1, 0.15) is 5.78 Å².